The van der Waals surface area contributed by atoms with Crippen molar-refractivity contribution in [1.82, 2.24) is 9.80 Å². The van der Waals surface area contributed by atoms with Crippen molar-refractivity contribution in [3.05, 3.63) is 0 Å². The first kappa shape index (κ1) is 26.2. The first-order chi connectivity index (χ1) is 14.3. The Morgan fingerprint density at radius 1 is 0.906 bits per heavy atom. The highest BCUT2D eigenvalue weighted by molar-refractivity contribution is 5.71. The van der Waals surface area contributed by atoms with Crippen molar-refractivity contribution >= 4 is 12.2 Å². The standard InChI is InChI=1S/C23H38N2O7/c1-20(2,3)31-18(27)24-15(13-29-22(24,7)8)11-12-17(26)16-14-30-23(9,10)25(16)19(28)32-21(4,5)6/h15-17,26H,13-14H2,1-10H3/t15-,16+,17?/m1/s1. The number of hydrogen-bond acceptors (Lipinski definition) is 7. The van der Waals surface area contributed by atoms with Gasteiger partial charge in [-0.05, 0) is 69.2 Å². The molecular formula is C23H38N2O7. The molecule has 0 saturated carbocycles. The van der Waals surface area contributed by atoms with E-state index in [1.807, 2.05) is 0 Å². The molecule has 0 aliphatic carbocycles. The molecule has 2 aliphatic heterocycles. The molecule has 1 unspecified atom stereocenters. The lowest BCUT2D eigenvalue weighted by atomic mass is 10.1. The van der Waals surface area contributed by atoms with Gasteiger partial charge in [-0.15, -0.1) is 0 Å². The first-order valence-corrected chi connectivity index (χ1v) is 10.9. The Balaban J connectivity index is 2.22. The van der Waals surface area contributed by atoms with Crippen LogP contribution in [-0.2, 0) is 18.9 Å². The minimum absolute atomic E-state index is 0.102. The van der Waals surface area contributed by atoms with Crippen LogP contribution in [0.25, 0.3) is 0 Å². The molecule has 0 radical (unpaired) electrons. The molecule has 2 heterocycles. The normalized spacial score (nSPS) is 25.7. The number of ether oxygens (including phenoxy) is 4. The van der Waals surface area contributed by atoms with Crippen LogP contribution in [0, 0.1) is 11.8 Å². The van der Waals surface area contributed by atoms with Gasteiger partial charge in [-0.1, -0.05) is 11.8 Å². The number of hydrogen-bond donors (Lipinski definition) is 1. The zero-order valence-corrected chi connectivity index (χ0v) is 20.9. The maximum Gasteiger partial charge on any atom is 0.413 e. The van der Waals surface area contributed by atoms with Crippen molar-refractivity contribution in [2.45, 2.75) is 110 Å². The van der Waals surface area contributed by atoms with E-state index in [4.69, 9.17) is 18.9 Å². The van der Waals surface area contributed by atoms with Gasteiger partial charge in [0.25, 0.3) is 0 Å². The van der Waals surface area contributed by atoms with Crippen LogP contribution in [-0.4, -0.2) is 81.1 Å². The number of carbonyl (C=O) groups is 2. The number of aliphatic hydroxyl groups is 1. The van der Waals surface area contributed by atoms with E-state index in [1.165, 1.54) is 9.80 Å². The summed E-state index contributed by atoms with van der Waals surface area (Å²) in [5.41, 5.74) is -3.24. The Morgan fingerprint density at radius 2 is 1.34 bits per heavy atom. The van der Waals surface area contributed by atoms with E-state index in [0.29, 0.717) is 0 Å². The monoisotopic (exact) mass is 454 g/mol. The van der Waals surface area contributed by atoms with Gasteiger partial charge in [-0.25, -0.2) is 9.59 Å². The Hall–Kier alpha value is -2.02. The molecule has 1 N–H and O–H groups in total. The minimum Gasteiger partial charge on any atom is -0.444 e. The Morgan fingerprint density at radius 3 is 1.84 bits per heavy atom. The third-order valence-corrected chi connectivity index (χ3v) is 4.95. The number of amides is 2. The fourth-order valence-corrected chi connectivity index (χ4v) is 3.58. The molecule has 2 fully saturated rings. The first-order valence-electron chi connectivity index (χ1n) is 10.9. The van der Waals surface area contributed by atoms with Gasteiger partial charge in [0.2, 0.25) is 0 Å². The van der Waals surface area contributed by atoms with E-state index in [2.05, 4.69) is 11.8 Å². The summed E-state index contributed by atoms with van der Waals surface area (Å²) >= 11 is 0. The molecule has 0 aromatic rings. The van der Waals surface area contributed by atoms with E-state index in [9.17, 15) is 14.7 Å². The molecule has 0 spiro atoms. The molecular weight excluding hydrogens is 416 g/mol. The van der Waals surface area contributed by atoms with Crippen LogP contribution < -0.4 is 0 Å². The van der Waals surface area contributed by atoms with E-state index >= 15 is 0 Å². The average molecular weight is 455 g/mol. The van der Waals surface area contributed by atoms with Crippen LogP contribution in [0.2, 0.25) is 0 Å². The SMILES string of the molecule is CC(C)(C)OC(=O)N1[C@H](C#CC(O)[C@@H]2COC(C)(C)N2C(=O)OC(C)(C)C)COC1(C)C. The lowest BCUT2D eigenvalue weighted by Crippen LogP contribution is -2.53. The van der Waals surface area contributed by atoms with Gasteiger partial charge in [-0.3, -0.25) is 9.80 Å². The fraction of sp³-hybridized carbons (Fsp3) is 0.826. The quantitative estimate of drug-likeness (QED) is 0.608. The molecule has 9 heteroatoms. The summed E-state index contributed by atoms with van der Waals surface area (Å²) in [5.74, 6) is 5.72. The van der Waals surface area contributed by atoms with Crippen molar-refractivity contribution in [2.75, 3.05) is 13.2 Å². The fourth-order valence-electron chi connectivity index (χ4n) is 3.58. The Kier molecular flexibility index (Phi) is 7.16. The highest BCUT2D eigenvalue weighted by atomic mass is 16.6. The lowest BCUT2D eigenvalue weighted by Gasteiger charge is -2.35. The molecule has 0 bridgehead atoms. The molecule has 9 nitrogen and oxygen atoms in total. The van der Waals surface area contributed by atoms with Crippen LogP contribution >= 0.6 is 0 Å². The summed E-state index contributed by atoms with van der Waals surface area (Å²) in [5, 5.41) is 10.8. The van der Waals surface area contributed by atoms with E-state index in [-0.39, 0.29) is 13.2 Å². The minimum atomic E-state index is -1.21. The van der Waals surface area contributed by atoms with Crippen LogP contribution in [0.1, 0.15) is 69.2 Å². The highest BCUT2D eigenvalue weighted by Crippen LogP contribution is 2.32. The number of rotatable bonds is 1. The molecule has 2 rings (SSSR count). The predicted molar refractivity (Wildman–Crippen MR) is 118 cm³/mol. The molecule has 32 heavy (non-hydrogen) atoms. The third-order valence-electron chi connectivity index (χ3n) is 4.95. The van der Waals surface area contributed by atoms with Gasteiger partial charge >= 0.3 is 12.2 Å². The second kappa shape index (κ2) is 8.73. The van der Waals surface area contributed by atoms with Crippen LogP contribution in [0.5, 0.6) is 0 Å². The summed E-state index contributed by atoms with van der Waals surface area (Å²) in [6.07, 6.45) is -2.35. The molecule has 2 amide bonds. The second-order valence-corrected chi connectivity index (χ2v) is 11.0. The van der Waals surface area contributed by atoms with Crippen molar-refractivity contribution in [2.24, 2.45) is 0 Å². The molecule has 0 aromatic heterocycles. The van der Waals surface area contributed by atoms with E-state index < -0.39 is 53.0 Å². The largest absolute Gasteiger partial charge is 0.444 e. The maximum atomic E-state index is 12.8. The maximum absolute atomic E-state index is 12.8. The van der Waals surface area contributed by atoms with E-state index in [1.54, 1.807) is 69.2 Å². The van der Waals surface area contributed by atoms with Gasteiger partial charge in [-0.2, -0.15) is 0 Å². The van der Waals surface area contributed by atoms with Gasteiger partial charge in [0.15, 0.2) is 0 Å². The number of aliphatic hydroxyl groups excluding tert-OH is 1. The van der Waals surface area contributed by atoms with Gasteiger partial charge < -0.3 is 24.1 Å². The third kappa shape index (κ3) is 6.27. The van der Waals surface area contributed by atoms with Crippen molar-refractivity contribution in [3.8, 4) is 11.8 Å². The summed E-state index contributed by atoms with van der Waals surface area (Å²) in [7, 11) is 0. The number of nitrogens with zero attached hydrogens (tertiary/aromatic N) is 2. The molecule has 182 valence electrons. The zero-order valence-electron chi connectivity index (χ0n) is 20.9. The van der Waals surface area contributed by atoms with Crippen molar-refractivity contribution < 1.29 is 33.6 Å². The highest BCUT2D eigenvalue weighted by Gasteiger charge is 2.49. The second-order valence-electron chi connectivity index (χ2n) is 11.0. The van der Waals surface area contributed by atoms with Crippen molar-refractivity contribution in [1.29, 1.82) is 0 Å². The molecule has 3 atom stereocenters. The predicted octanol–water partition coefficient (Wildman–Crippen LogP) is 3.09. The van der Waals surface area contributed by atoms with Crippen molar-refractivity contribution in [3.63, 3.8) is 0 Å². The van der Waals surface area contributed by atoms with Gasteiger partial charge in [0.05, 0.1) is 19.3 Å². The Labute approximate surface area is 191 Å². The van der Waals surface area contributed by atoms with Crippen LogP contribution in [0.15, 0.2) is 0 Å². The smallest absolute Gasteiger partial charge is 0.413 e. The van der Waals surface area contributed by atoms with Crippen LogP contribution in [0.3, 0.4) is 0 Å². The molecule has 2 saturated heterocycles. The summed E-state index contributed by atoms with van der Waals surface area (Å²) in [6.45, 7) is 17.9. The number of carbonyl (C=O) groups excluding carboxylic acids is 2. The zero-order chi connectivity index (χ0) is 24.7. The average Bonchev–Trinajstić information content (AvgIpc) is 3.04. The van der Waals surface area contributed by atoms with Crippen LogP contribution in [0.4, 0.5) is 9.59 Å². The van der Waals surface area contributed by atoms with E-state index in [0.717, 1.165) is 0 Å². The molecule has 2 aliphatic rings. The summed E-state index contributed by atoms with van der Waals surface area (Å²) < 4.78 is 22.5. The Bertz CT molecular complexity index is 783. The topological polar surface area (TPSA) is 97.8 Å². The van der Waals surface area contributed by atoms with Gasteiger partial charge in [0, 0.05) is 0 Å². The molecule has 0 aromatic carbocycles. The lowest BCUT2D eigenvalue weighted by molar-refractivity contribution is -0.0659. The summed E-state index contributed by atoms with van der Waals surface area (Å²) in [6, 6.07) is -1.34. The van der Waals surface area contributed by atoms with Gasteiger partial charge in [0.1, 0.15) is 34.8 Å². The summed E-state index contributed by atoms with van der Waals surface area (Å²) in [4.78, 5) is 28.3.